The molecule has 8 nitrogen and oxygen atoms in total. The van der Waals surface area contributed by atoms with Gasteiger partial charge in [0, 0.05) is 19.2 Å². The van der Waals surface area contributed by atoms with Gasteiger partial charge in [0.2, 0.25) is 10.0 Å². The average molecular weight is 470 g/mol. The molecule has 2 amide bonds. The molecule has 1 saturated heterocycles. The fraction of sp³-hybridized carbons (Fsp3) is 0.333. The zero-order chi connectivity index (χ0) is 23.4. The van der Waals surface area contributed by atoms with Crippen LogP contribution in [0.25, 0.3) is 6.08 Å². The Kier molecular flexibility index (Phi) is 6.80. The third kappa shape index (κ3) is 5.09. The summed E-state index contributed by atoms with van der Waals surface area (Å²) in [6, 6.07) is 13.4. The molecule has 0 bridgehead atoms. The topological polar surface area (TPSA) is 110 Å². The van der Waals surface area contributed by atoms with Crippen molar-refractivity contribution in [1.29, 1.82) is 0 Å². The van der Waals surface area contributed by atoms with E-state index >= 15 is 0 Å². The molecular weight excluding hydrogens is 442 g/mol. The minimum atomic E-state index is -3.52. The lowest BCUT2D eigenvalue weighted by molar-refractivity contribution is -0.125. The molecule has 2 heterocycles. The summed E-state index contributed by atoms with van der Waals surface area (Å²) in [4.78, 5) is 26.2. The van der Waals surface area contributed by atoms with Crippen LogP contribution in [-0.2, 0) is 19.6 Å². The van der Waals surface area contributed by atoms with Gasteiger partial charge < -0.3 is 15.4 Å². The van der Waals surface area contributed by atoms with Gasteiger partial charge in [-0.15, -0.1) is 0 Å². The number of benzene rings is 2. The van der Waals surface area contributed by atoms with Crippen LogP contribution in [0, 0.1) is 0 Å². The molecule has 1 atom stereocenters. The largest absolute Gasteiger partial charge is 0.477 e. The lowest BCUT2D eigenvalue weighted by Gasteiger charge is -2.32. The van der Waals surface area contributed by atoms with Crippen LogP contribution in [0.5, 0.6) is 5.75 Å². The number of carbonyl (C=O) groups is 2. The minimum Gasteiger partial charge on any atom is -0.477 e. The number of hydrogen-bond donors (Lipinski definition) is 1. The Hall–Kier alpha value is -3.17. The van der Waals surface area contributed by atoms with E-state index in [0.717, 1.165) is 25.7 Å². The Bertz CT molecular complexity index is 1150. The van der Waals surface area contributed by atoms with E-state index in [1.807, 2.05) is 0 Å². The molecule has 2 aliphatic rings. The highest BCUT2D eigenvalue weighted by Crippen LogP contribution is 2.33. The highest BCUT2D eigenvalue weighted by Gasteiger charge is 2.31. The van der Waals surface area contributed by atoms with Gasteiger partial charge >= 0.3 is 0 Å². The summed E-state index contributed by atoms with van der Waals surface area (Å²) >= 11 is 0. The van der Waals surface area contributed by atoms with E-state index in [1.165, 1.54) is 11.0 Å². The number of nitrogens with two attached hydrogens (primary N) is 1. The van der Waals surface area contributed by atoms with Gasteiger partial charge in [-0.1, -0.05) is 37.1 Å². The van der Waals surface area contributed by atoms with Crippen LogP contribution in [0.4, 0.5) is 5.69 Å². The zero-order valence-corrected chi connectivity index (χ0v) is 19.0. The highest BCUT2D eigenvalue weighted by atomic mass is 32.2. The zero-order valence-electron chi connectivity index (χ0n) is 18.2. The van der Waals surface area contributed by atoms with Crippen LogP contribution in [-0.4, -0.2) is 50.3 Å². The highest BCUT2D eigenvalue weighted by molar-refractivity contribution is 7.89. The molecular formula is C24H27N3O5S. The van der Waals surface area contributed by atoms with Crippen LogP contribution >= 0.6 is 0 Å². The van der Waals surface area contributed by atoms with Gasteiger partial charge in [0.25, 0.3) is 11.8 Å². The van der Waals surface area contributed by atoms with Crippen molar-refractivity contribution in [2.24, 2.45) is 5.73 Å². The van der Waals surface area contributed by atoms with Crippen LogP contribution in [0.15, 0.2) is 59.5 Å². The van der Waals surface area contributed by atoms with E-state index in [2.05, 4.69) is 0 Å². The molecule has 0 spiro atoms. The van der Waals surface area contributed by atoms with Crippen molar-refractivity contribution >= 4 is 33.6 Å². The smallest absolute Gasteiger partial charge is 0.260 e. The lowest BCUT2D eigenvalue weighted by atomic mass is 10.1. The van der Waals surface area contributed by atoms with Gasteiger partial charge in [0.15, 0.2) is 6.10 Å². The maximum Gasteiger partial charge on any atom is 0.260 e. The quantitative estimate of drug-likeness (QED) is 0.677. The Labute approximate surface area is 193 Å². The van der Waals surface area contributed by atoms with E-state index in [0.29, 0.717) is 30.1 Å². The first-order valence-corrected chi connectivity index (χ1v) is 12.4. The number of rotatable bonds is 5. The van der Waals surface area contributed by atoms with Gasteiger partial charge in [-0.3, -0.25) is 9.59 Å². The fourth-order valence-electron chi connectivity index (χ4n) is 4.03. The molecule has 33 heavy (non-hydrogen) atoms. The molecule has 0 radical (unpaired) electrons. The SMILES string of the molecule is NC(=O)[C@H]1CN(C(=O)/C=C/c2ccc(S(=O)(=O)N3CCCCCC3)cc2)c2ccccc2O1. The predicted octanol–water partition coefficient (Wildman–Crippen LogP) is 2.54. The maximum absolute atomic E-state index is 12.9. The van der Waals surface area contributed by atoms with Crippen LogP contribution in [0.2, 0.25) is 0 Å². The summed E-state index contributed by atoms with van der Waals surface area (Å²) < 4.78 is 33.0. The van der Waals surface area contributed by atoms with E-state index in [4.69, 9.17) is 10.5 Å². The van der Waals surface area contributed by atoms with Gasteiger partial charge in [-0.2, -0.15) is 4.31 Å². The predicted molar refractivity (Wildman–Crippen MR) is 125 cm³/mol. The molecule has 2 aromatic carbocycles. The molecule has 0 aromatic heterocycles. The minimum absolute atomic E-state index is 0.0164. The van der Waals surface area contributed by atoms with Crippen LogP contribution in [0.3, 0.4) is 0 Å². The summed E-state index contributed by atoms with van der Waals surface area (Å²) in [6.07, 6.45) is 5.93. The number of carbonyl (C=O) groups excluding carboxylic acids is 2. The number of hydrogen-bond acceptors (Lipinski definition) is 5. The number of anilines is 1. The van der Waals surface area contributed by atoms with E-state index in [9.17, 15) is 18.0 Å². The summed E-state index contributed by atoms with van der Waals surface area (Å²) in [5, 5.41) is 0. The van der Waals surface area contributed by atoms with Crippen molar-refractivity contribution in [2.75, 3.05) is 24.5 Å². The fourth-order valence-corrected chi connectivity index (χ4v) is 5.55. The number of fused-ring (bicyclic) bond motifs is 1. The second-order valence-corrected chi connectivity index (χ2v) is 10.1. The summed E-state index contributed by atoms with van der Waals surface area (Å²) in [5.41, 5.74) is 6.64. The summed E-state index contributed by atoms with van der Waals surface area (Å²) in [7, 11) is -3.52. The number of nitrogens with zero attached hydrogens (tertiary/aromatic N) is 2. The van der Waals surface area contributed by atoms with E-state index in [-0.39, 0.29) is 17.3 Å². The molecule has 2 aromatic rings. The Balaban J connectivity index is 1.49. The molecule has 0 unspecified atom stereocenters. The summed E-state index contributed by atoms with van der Waals surface area (Å²) in [5.74, 6) is -0.567. The number of primary amides is 1. The van der Waals surface area contributed by atoms with Crippen molar-refractivity contribution in [1.82, 2.24) is 4.31 Å². The Morgan fingerprint density at radius 3 is 2.30 bits per heavy atom. The maximum atomic E-state index is 12.9. The Morgan fingerprint density at radius 1 is 0.970 bits per heavy atom. The van der Waals surface area contributed by atoms with Crippen molar-refractivity contribution in [3.63, 3.8) is 0 Å². The van der Waals surface area contributed by atoms with E-state index < -0.39 is 22.0 Å². The Morgan fingerprint density at radius 2 is 1.64 bits per heavy atom. The number of ether oxygens (including phenoxy) is 1. The van der Waals surface area contributed by atoms with Crippen LogP contribution < -0.4 is 15.4 Å². The second kappa shape index (κ2) is 9.76. The first kappa shape index (κ1) is 23.0. The molecule has 1 fully saturated rings. The molecule has 0 aliphatic carbocycles. The summed E-state index contributed by atoms with van der Waals surface area (Å²) in [6.45, 7) is 1.11. The number of para-hydroxylation sites is 2. The monoisotopic (exact) mass is 469 g/mol. The van der Waals surface area contributed by atoms with Crippen molar-refractivity contribution in [2.45, 2.75) is 36.7 Å². The molecule has 4 rings (SSSR count). The molecule has 2 aliphatic heterocycles. The molecule has 174 valence electrons. The van der Waals surface area contributed by atoms with Gasteiger partial charge in [0.1, 0.15) is 5.75 Å². The van der Waals surface area contributed by atoms with Gasteiger partial charge in [-0.25, -0.2) is 8.42 Å². The average Bonchev–Trinajstić information content (AvgIpc) is 3.12. The third-order valence-electron chi connectivity index (χ3n) is 5.86. The van der Waals surface area contributed by atoms with Crippen molar-refractivity contribution in [3.8, 4) is 5.75 Å². The normalized spacial score (nSPS) is 19.5. The second-order valence-electron chi connectivity index (χ2n) is 8.15. The van der Waals surface area contributed by atoms with Gasteiger partial charge in [-0.05, 0) is 48.7 Å². The standard InChI is InChI=1S/C24H27N3O5S/c25-24(29)22-17-27(20-7-3-4-8-21(20)32-22)23(28)14-11-18-9-12-19(13-10-18)33(30,31)26-15-5-1-2-6-16-26/h3-4,7-14,22H,1-2,5-6,15-17H2,(H2,25,29)/b14-11+/t22-/m1/s1. The first-order chi connectivity index (χ1) is 15.9. The third-order valence-corrected chi connectivity index (χ3v) is 7.77. The van der Waals surface area contributed by atoms with Crippen molar-refractivity contribution in [3.05, 3.63) is 60.2 Å². The lowest BCUT2D eigenvalue weighted by Crippen LogP contribution is -2.49. The first-order valence-electron chi connectivity index (χ1n) is 11.0. The molecule has 0 saturated carbocycles. The van der Waals surface area contributed by atoms with Crippen LogP contribution in [0.1, 0.15) is 31.2 Å². The van der Waals surface area contributed by atoms with Crippen molar-refractivity contribution < 1.29 is 22.7 Å². The number of sulfonamides is 1. The molecule has 2 N–H and O–H groups in total. The number of amides is 2. The van der Waals surface area contributed by atoms with E-state index in [1.54, 1.807) is 58.9 Å². The molecule has 9 heteroatoms. The van der Waals surface area contributed by atoms with Gasteiger partial charge in [0.05, 0.1) is 17.1 Å².